The zero-order valence-electron chi connectivity index (χ0n) is 18.1. The fourth-order valence-corrected chi connectivity index (χ4v) is 4.69. The van der Waals surface area contributed by atoms with Gasteiger partial charge < -0.3 is 4.57 Å². The highest BCUT2D eigenvalue weighted by atomic mass is 35.5. The first kappa shape index (κ1) is 21.9. The lowest BCUT2D eigenvalue weighted by molar-refractivity contribution is 0.0955. The Hall–Kier alpha value is -3.93. The van der Waals surface area contributed by atoms with Crippen LogP contribution in [0.25, 0.3) is 28.2 Å². The maximum Gasteiger partial charge on any atom is 0.271 e. The Kier molecular flexibility index (Phi) is 6.38. The molecule has 1 amide bonds. The molecule has 34 heavy (non-hydrogen) atoms. The van der Waals surface area contributed by atoms with Crippen LogP contribution in [-0.2, 0) is 0 Å². The molecule has 2 heterocycles. The third-order valence-corrected chi connectivity index (χ3v) is 6.53. The van der Waals surface area contributed by atoms with E-state index in [9.17, 15) is 4.79 Å². The molecule has 6 heteroatoms. The third kappa shape index (κ3) is 4.71. The Morgan fingerprint density at radius 2 is 1.35 bits per heavy atom. The Bertz CT molecular complexity index is 1380. The van der Waals surface area contributed by atoms with E-state index in [0.717, 1.165) is 33.1 Å². The van der Waals surface area contributed by atoms with E-state index >= 15 is 0 Å². The summed E-state index contributed by atoms with van der Waals surface area (Å²) in [5, 5.41) is 4.03. The fourth-order valence-electron chi connectivity index (χ4n) is 3.76. The Morgan fingerprint density at radius 3 is 1.88 bits per heavy atom. The molecule has 5 aromatic rings. The lowest BCUT2D eigenvalue weighted by Crippen LogP contribution is -2.17. The van der Waals surface area contributed by atoms with E-state index in [2.05, 4.69) is 51.5 Å². The van der Waals surface area contributed by atoms with Crippen LogP contribution >= 0.6 is 22.9 Å². The summed E-state index contributed by atoms with van der Waals surface area (Å²) in [4.78, 5) is 13.4. The quantitative estimate of drug-likeness (QED) is 0.201. The van der Waals surface area contributed by atoms with Crippen molar-refractivity contribution in [2.45, 2.75) is 0 Å². The van der Waals surface area contributed by atoms with E-state index in [1.54, 1.807) is 12.3 Å². The van der Waals surface area contributed by atoms with Gasteiger partial charge in [0.25, 0.3) is 5.91 Å². The van der Waals surface area contributed by atoms with Gasteiger partial charge in [0, 0.05) is 16.1 Å². The number of hydrazone groups is 1. The SMILES string of the molecule is O=C(N/N=C\c1ccc(Cl)s1)c1ccc(-n2c(-c3ccccc3)ccc2-c2ccccc2)cc1. The van der Waals surface area contributed by atoms with Crippen molar-refractivity contribution in [1.29, 1.82) is 0 Å². The first-order valence-corrected chi connectivity index (χ1v) is 11.9. The molecule has 0 aliphatic heterocycles. The first-order chi connectivity index (χ1) is 16.7. The van der Waals surface area contributed by atoms with Gasteiger partial charge in [-0.1, -0.05) is 72.3 Å². The van der Waals surface area contributed by atoms with E-state index in [1.165, 1.54) is 11.3 Å². The molecule has 166 valence electrons. The zero-order chi connectivity index (χ0) is 23.3. The predicted octanol–water partition coefficient (Wildman–Crippen LogP) is 7.29. The van der Waals surface area contributed by atoms with Gasteiger partial charge >= 0.3 is 0 Å². The Balaban J connectivity index is 1.45. The number of amides is 1. The highest BCUT2D eigenvalue weighted by Crippen LogP contribution is 2.32. The minimum absolute atomic E-state index is 0.274. The minimum Gasteiger partial charge on any atom is -0.309 e. The molecule has 3 aromatic carbocycles. The van der Waals surface area contributed by atoms with Crippen molar-refractivity contribution < 1.29 is 4.79 Å². The van der Waals surface area contributed by atoms with Gasteiger partial charge in [-0.05, 0) is 59.7 Å². The molecular formula is C28H20ClN3OS. The lowest BCUT2D eigenvalue weighted by atomic mass is 10.1. The van der Waals surface area contributed by atoms with Crippen molar-refractivity contribution in [3.05, 3.63) is 124 Å². The van der Waals surface area contributed by atoms with Crippen LogP contribution in [0.2, 0.25) is 4.34 Å². The van der Waals surface area contributed by atoms with Gasteiger partial charge in [0.15, 0.2) is 0 Å². The second-order valence-corrected chi connectivity index (χ2v) is 9.31. The maximum absolute atomic E-state index is 12.6. The summed E-state index contributed by atoms with van der Waals surface area (Å²) in [5.41, 5.74) is 8.47. The van der Waals surface area contributed by atoms with Crippen molar-refractivity contribution in [3.63, 3.8) is 0 Å². The number of nitrogens with zero attached hydrogens (tertiary/aromatic N) is 2. The molecule has 0 bridgehead atoms. The van der Waals surface area contributed by atoms with Crippen LogP contribution < -0.4 is 5.43 Å². The molecule has 1 N–H and O–H groups in total. The summed E-state index contributed by atoms with van der Waals surface area (Å²) in [6, 6.07) is 36.0. The second kappa shape index (κ2) is 9.91. The summed E-state index contributed by atoms with van der Waals surface area (Å²) in [6.45, 7) is 0. The van der Waals surface area contributed by atoms with Gasteiger partial charge in [-0.3, -0.25) is 4.79 Å². The van der Waals surface area contributed by atoms with Crippen LogP contribution in [0.5, 0.6) is 0 Å². The van der Waals surface area contributed by atoms with Crippen LogP contribution in [0.15, 0.2) is 114 Å². The van der Waals surface area contributed by atoms with Gasteiger partial charge in [0.2, 0.25) is 0 Å². The second-order valence-electron chi connectivity index (χ2n) is 7.56. The smallest absolute Gasteiger partial charge is 0.271 e. The predicted molar refractivity (Wildman–Crippen MR) is 141 cm³/mol. The van der Waals surface area contributed by atoms with E-state index in [-0.39, 0.29) is 5.91 Å². The van der Waals surface area contributed by atoms with E-state index in [1.807, 2.05) is 66.7 Å². The van der Waals surface area contributed by atoms with Crippen molar-refractivity contribution in [2.75, 3.05) is 0 Å². The molecule has 2 aromatic heterocycles. The van der Waals surface area contributed by atoms with Crippen LogP contribution in [0.4, 0.5) is 0 Å². The first-order valence-electron chi connectivity index (χ1n) is 10.7. The number of hydrogen-bond donors (Lipinski definition) is 1. The number of benzene rings is 3. The number of halogens is 1. The molecule has 0 radical (unpaired) electrons. The van der Waals surface area contributed by atoms with Crippen LogP contribution in [0.1, 0.15) is 15.2 Å². The van der Waals surface area contributed by atoms with Gasteiger partial charge in [0.05, 0.1) is 21.9 Å². The molecule has 0 saturated carbocycles. The summed E-state index contributed by atoms with van der Waals surface area (Å²) in [7, 11) is 0. The maximum atomic E-state index is 12.6. The zero-order valence-corrected chi connectivity index (χ0v) is 19.6. The molecule has 0 unspecified atom stereocenters. The average molecular weight is 482 g/mol. The van der Waals surface area contributed by atoms with Crippen molar-refractivity contribution in [3.8, 4) is 28.2 Å². The van der Waals surface area contributed by atoms with Crippen molar-refractivity contribution in [1.82, 2.24) is 9.99 Å². The molecular weight excluding hydrogens is 462 g/mol. The highest BCUT2D eigenvalue weighted by molar-refractivity contribution is 7.17. The number of nitrogens with one attached hydrogen (secondary N) is 1. The number of thiophene rings is 1. The van der Waals surface area contributed by atoms with Gasteiger partial charge in [-0.2, -0.15) is 5.10 Å². The molecule has 5 rings (SSSR count). The summed E-state index contributed by atoms with van der Waals surface area (Å²) >= 11 is 7.32. The fraction of sp³-hybridized carbons (Fsp3) is 0. The number of carbonyl (C=O) groups excluding carboxylic acids is 1. The van der Waals surface area contributed by atoms with Gasteiger partial charge in [-0.15, -0.1) is 11.3 Å². The van der Waals surface area contributed by atoms with Crippen LogP contribution in [-0.4, -0.2) is 16.7 Å². The molecule has 0 fully saturated rings. The third-order valence-electron chi connectivity index (χ3n) is 5.36. The Morgan fingerprint density at radius 1 is 0.765 bits per heavy atom. The standard InChI is InChI=1S/C28H20ClN3OS/c29-27-18-15-24(34-27)19-30-31-28(33)22-11-13-23(14-12-22)32-25(20-7-3-1-4-8-20)16-17-26(32)21-9-5-2-6-10-21/h1-19H,(H,31,33)/b30-19-. The number of rotatable bonds is 6. The average Bonchev–Trinajstić information content (AvgIpc) is 3.51. The van der Waals surface area contributed by atoms with Crippen LogP contribution in [0.3, 0.4) is 0 Å². The summed E-state index contributed by atoms with van der Waals surface area (Å²) < 4.78 is 2.89. The van der Waals surface area contributed by atoms with Gasteiger partial charge in [-0.25, -0.2) is 5.43 Å². The molecule has 0 aliphatic carbocycles. The molecule has 0 aliphatic rings. The molecule has 0 spiro atoms. The highest BCUT2D eigenvalue weighted by Gasteiger charge is 2.14. The molecule has 0 atom stereocenters. The number of aromatic nitrogens is 1. The number of carbonyl (C=O) groups is 1. The molecule has 0 saturated heterocycles. The largest absolute Gasteiger partial charge is 0.309 e. The summed E-state index contributed by atoms with van der Waals surface area (Å²) in [5.74, 6) is -0.274. The van der Waals surface area contributed by atoms with E-state index < -0.39 is 0 Å². The van der Waals surface area contributed by atoms with Crippen molar-refractivity contribution >= 4 is 35.1 Å². The lowest BCUT2D eigenvalue weighted by Gasteiger charge is -2.15. The van der Waals surface area contributed by atoms with Gasteiger partial charge in [0.1, 0.15) is 0 Å². The molecule has 4 nitrogen and oxygen atoms in total. The number of hydrogen-bond acceptors (Lipinski definition) is 3. The minimum atomic E-state index is -0.274. The normalized spacial score (nSPS) is 11.1. The summed E-state index contributed by atoms with van der Waals surface area (Å²) in [6.07, 6.45) is 1.58. The van der Waals surface area contributed by atoms with E-state index in [0.29, 0.717) is 9.90 Å². The monoisotopic (exact) mass is 481 g/mol. The van der Waals surface area contributed by atoms with E-state index in [4.69, 9.17) is 11.6 Å². The Labute approximate surface area is 206 Å². The van der Waals surface area contributed by atoms with Crippen LogP contribution in [0, 0.1) is 0 Å². The van der Waals surface area contributed by atoms with Crippen molar-refractivity contribution in [2.24, 2.45) is 5.10 Å². The topological polar surface area (TPSA) is 46.4 Å².